The zero-order valence-corrected chi connectivity index (χ0v) is 23.7. The van der Waals surface area contributed by atoms with Gasteiger partial charge in [-0.1, -0.05) is 62.4 Å². The number of carboxylic acids is 1. The number of hydrogen-bond acceptors (Lipinski definition) is 4. The molecule has 37 heavy (non-hydrogen) atoms. The van der Waals surface area contributed by atoms with E-state index in [0.717, 1.165) is 37.9 Å². The minimum Gasteiger partial charge on any atom is -0.481 e. The topological polar surface area (TPSA) is 83.5 Å². The van der Waals surface area contributed by atoms with Crippen LogP contribution in [-0.4, -0.2) is 36.9 Å². The van der Waals surface area contributed by atoms with Crippen molar-refractivity contribution in [2.45, 2.75) is 58.3 Å². The molecule has 0 atom stereocenters. The number of anilines is 1. The number of hydrogen-bond donors (Lipinski definition) is 2. The number of para-hydroxylation sites is 2. The molecule has 0 saturated heterocycles. The van der Waals surface area contributed by atoms with E-state index in [-0.39, 0.29) is 17.7 Å². The molecule has 0 aliphatic rings. The van der Waals surface area contributed by atoms with Gasteiger partial charge in [0.2, 0.25) is 5.91 Å². The molecule has 0 unspecified atom stereocenters. The molecule has 0 fully saturated rings. The number of quaternary nitrogens is 1. The van der Waals surface area contributed by atoms with Crippen LogP contribution in [0.4, 0.5) is 11.4 Å². The predicted octanol–water partition coefficient (Wildman–Crippen LogP) is 6.23. The third-order valence-corrected chi connectivity index (χ3v) is 6.13. The summed E-state index contributed by atoms with van der Waals surface area (Å²) >= 11 is 1.36. The summed E-state index contributed by atoms with van der Waals surface area (Å²) in [6.07, 6.45) is 13.5. The van der Waals surface area contributed by atoms with Gasteiger partial charge in [0.25, 0.3) is 0 Å². The maximum atomic E-state index is 12.0. The number of unbranched alkanes of at least 4 members (excludes halogenated alkanes) is 2. The summed E-state index contributed by atoms with van der Waals surface area (Å²) in [5.74, 6) is -0.748. The van der Waals surface area contributed by atoms with E-state index in [1.54, 1.807) is 25.1 Å². The van der Waals surface area contributed by atoms with Crippen molar-refractivity contribution in [3.63, 3.8) is 0 Å². The Morgan fingerprint density at radius 2 is 1.68 bits per heavy atom. The van der Waals surface area contributed by atoms with Crippen LogP contribution >= 0.6 is 12.0 Å². The summed E-state index contributed by atoms with van der Waals surface area (Å²) in [5.41, 5.74) is 3.36. The Kier molecular flexibility index (Phi) is 16.0. The van der Waals surface area contributed by atoms with Gasteiger partial charge in [-0.05, 0) is 67.4 Å². The summed E-state index contributed by atoms with van der Waals surface area (Å²) in [6.45, 7) is 6.99. The van der Waals surface area contributed by atoms with Crippen LogP contribution in [0.25, 0.3) is 0 Å². The van der Waals surface area contributed by atoms with Crippen molar-refractivity contribution in [2.75, 3.05) is 24.8 Å². The molecule has 0 saturated carbocycles. The molecule has 0 aromatic heterocycles. The van der Waals surface area contributed by atoms with Gasteiger partial charge >= 0.3 is 5.97 Å². The molecule has 2 aromatic carbocycles. The van der Waals surface area contributed by atoms with E-state index in [0.29, 0.717) is 0 Å². The molecular weight excluding hydrogens is 484 g/mol. The third kappa shape index (κ3) is 13.3. The van der Waals surface area contributed by atoms with E-state index >= 15 is 0 Å². The summed E-state index contributed by atoms with van der Waals surface area (Å²) in [6, 6.07) is 18.1. The number of benzene rings is 2. The average molecular weight is 528 g/mol. The van der Waals surface area contributed by atoms with Gasteiger partial charge < -0.3 is 14.6 Å². The second-order valence-corrected chi connectivity index (χ2v) is 9.87. The predicted molar refractivity (Wildman–Crippen MR) is 155 cm³/mol. The highest BCUT2D eigenvalue weighted by Crippen LogP contribution is 2.31. The van der Waals surface area contributed by atoms with E-state index in [1.165, 1.54) is 23.3 Å². The van der Waals surface area contributed by atoms with E-state index in [9.17, 15) is 9.59 Å². The Bertz CT molecular complexity index is 988. The number of carboxylic acid groups (broad SMARTS) is 1. The Balaban J connectivity index is 0.00000159. The fourth-order valence-electron chi connectivity index (χ4n) is 3.79. The van der Waals surface area contributed by atoms with Crippen molar-refractivity contribution in [3.05, 3.63) is 84.6 Å². The zero-order valence-electron chi connectivity index (χ0n) is 22.9. The zero-order chi connectivity index (χ0) is 27.5. The lowest BCUT2D eigenvalue weighted by Crippen LogP contribution is -2.78. The largest absolute Gasteiger partial charge is 0.481 e. The lowest BCUT2D eigenvalue weighted by Gasteiger charge is -2.25. The molecule has 2 aromatic rings. The van der Waals surface area contributed by atoms with Gasteiger partial charge in [0, 0.05) is 37.1 Å². The second kappa shape index (κ2) is 18.4. The molecule has 0 aliphatic heterocycles. The molecule has 0 bridgehead atoms. The van der Waals surface area contributed by atoms with Gasteiger partial charge in [-0.15, -0.1) is 0 Å². The molecule has 3 N–H and O–H groups in total. The minimum absolute atomic E-state index is 0.0291. The van der Waals surface area contributed by atoms with E-state index in [1.807, 2.05) is 48.7 Å². The quantitative estimate of drug-likeness (QED) is 0.132. The molecule has 0 heterocycles. The maximum Gasteiger partial charge on any atom is 0.303 e. The van der Waals surface area contributed by atoms with Crippen LogP contribution in [-0.2, 0) is 19.2 Å². The number of aliphatic carboxylic acids is 1. The average Bonchev–Trinajstić information content (AvgIpc) is 2.88. The van der Waals surface area contributed by atoms with Crippen molar-refractivity contribution in [1.82, 2.24) is 0 Å². The molecule has 6 nitrogen and oxygen atoms in total. The number of amides is 1. The first-order chi connectivity index (χ1) is 17.7. The highest BCUT2D eigenvalue weighted by molar-refractivity contribution is 7.93. The van der Waals surface area contributed by atoms with Crippen molar-refractivity contribution < 1.29 is 24.2 Å². The van der Waals surface area contributed by atoms with Gasteiger partial charge in [-0.3, -0.25) is 14.5 Å². The van der Waals surface area contributed by atoms with Crippen LogP contribution in [0.1, 0.15) is 58.4 Å². The Morgan fingerprint density at radius 3 is 2.30 bits per heavy atom. The first-order valence-corrected chi connectivity index (χ1v) is 13.8. The fourth-order valence-corrected chi connectivity index (χ4v) is 3.79. The van der Waals surface area contributed by atoms with Gasteiger partial charge in [0.05, 0.1) is 13.7 Å². The number of carbonyl (C=O) groups excluding carboxylic acids is 1. The fraction of sp³-hybridized carbons (Fsp3) is 0.400. The Morgan fingerprint density at radius 1 is 1.03 bits per heavy atom. The summed E-state index contributed by atoms with van der Waals surface area (Å²) in [7, 11) is 1.64. The van der Waals surface area contributed by atoms with Crippen molar-refractivity contribution >= 4 is 35.3 Å². The van der Waals surface area contributed by atoms with Crippen molar-refractivity contribution in [3.8, 4) is 0 Å². The number of nitrogens with zero attached hydrogens (tertiary/aromatic N) is 1. The highest BCUT2D eigenvalue weighted by Gasteiger charge is 2.24. The number of allylic oxidation sites excluding steroid dienone is 3. The Labute approximate surface area is 227 Å². The smallest absolute Gasteiger partial charge is 0.303 e. The Hall–Kier alpha value is -2.87. The summed E-state index contributed by atoms with van der Waals surface area (Å²) < 4.78 is 4.46. The maximum absolute atomic E-state index is 12.0. The normalized spacial score (nSPS) is 11.4. The van der Waals surface area contributed by atoms with Crippen LogP contribution in [0.3, 0.4) is 0 Å². The molecule has 1 amide bonds. The highest BCUT2D eigenvalue weighted by atomic mass is 32.2. The molecule has 202 valence electrons. The van der Waals surface area contributed by atoms with Gasteiger partial charge in [-0.2, -0.15) is 0 Å². The van der Waals surface area contributed by atoms with Crippen LogP contribution in [0.2, 0.25) is 0 Å². The van der Waals surface area contributed by atoms with Crippen molar-refractivity contribution in [2.24, 2.45) is 0 Å². The molecular formula is C30H43N2O4S+. The van der Waals surface area contributed by atoms with Gasteiger partial charge in [0.1, 0.15) is 5.69 Å². The molecule has 0 aliphatic carbocycles. The number of nitrogens with two attached hydrogens (primary N) is 1. The van der Waals surface area contributed by atoms with Gasteiger partial charge in [0.15, 0.2) is 0 Å². The van der Waals surface area contributed by atoms with Crippen LogP contribution in [0, 0.1) is 0 Å². The number of rotatable bonds is 14. The van der Waals surface area contributed by atoms with Crippen LogP contribution in [0.15, 0.2) is 79.0 Å². The monoisotopic (exact) mass is 527 g/mol. The first kappa shape index (κ1) is 32.2. The van der Waals surface area contributed by atoms with E-state index < -0.39 is 5.97 Å². The van der Waals surface area contributed by atoms with Crippen LogP contribution in [0.5, 0.6) is 0 Å². The second-order valence-electron chi connectivity index (χ2n) is 9.20. The summed E-state index contributed by atoms with van der Waals surface area (Å²) in [4.78, 5) is 24.2. The van der Waals surface area contributed by atoms with Gasteiger partial charge in [-0.25, -0.2) is 0 Å². The van der Waals surface area contributed by atoms with E-state index in [2.05, 4.69) is 53.7 Å². The lowest BCUT2D eigenvalue weighted by molar-refractivity contribution is -0.572. The number of carbonyl (C=O) groups is 2. The molecule has 7 heteroatoms. The first-order valence-electron chi connectivity index (χ1n) is 12.6. The minimum atomic E-state index is -0.719. The molecule has 2 rings (SSSR count). The summed E-state index contributed by atoms with van der Waals surface area (Å²) in [5, 5.41) is 11.0. The lowest BCUT2D eigenvalue weighted by atomic mass is 9.80. The van der Waals surface area contributed by atoms with E-state index in [4.69, 9.17) is 5.11 Å². The van der Waals surface area contributed by atoms with Crippen molar-refractivity contribution in [1.29, 1.82) is 0 Å². The third-order valence-electron chi connectivity index (χ3n) is 5.80. The van der Waals surface area contributed by atoms with Crippen LogP contribution < -0.4 is 10.2 Å². The standard InChI is InChI=1S/C28H36N2O3.C2H6OS/c1-23(31)30(24-15-7-4-8-16-24)22-14-6-12-20-28(2,3)25-17-10-11-18-26(25)29-21-13-5-9-19-27(32)33;1-3-4-2/h4,6-8,10-12,14-18,22,29H,5,9,13,19-21H2,1-3H3,(H,32,33);1-2H3/p+1/b12-6+,22-14+;. The SMILES string of the molecule is CC(=O)N(/C=C/C=C/CC(C)(C)c1ccccc1[NH2+]CCCCCC(=O)O)c1ccccc1.COSC. The molecule has 0 spiro atoms. The molecule has 0 radical (unpaired) electrons.